The van der Waals surface area contributed by atoms with Crippen molar-refractivity contribution in [2.24, 2.45) is 0 Å². The van der Waals surface area contributed by atoms with Crippen molar-refractivity contribution in [2.75, 3.05) is 19.1 Å². The van der Waals surface area contributed by atoms with Crippen LogP contribution in [0, 0.1) is 6.92 Å². The first kappa shape index (κ1) is 25.2. The lowest BCUT2D eigenvalue weighted by Crippen LogP contribution is -2.47. The number of anilines is 1. The van der Waals surface area contributed by atoms with Crippen molar-refractivity contribution >= 4 is 17.5 Å². The molecule has 3 aromatic rings. The minimum absolute atomic E-state index is 0.0698. The van der Waals surface area contributed by atoms with Crippen LogP contribution in [0.15, 0.2) is 61.1 Å². The summed E-state index contributed by atoms with van der Waals surface area (Å²) in [6.07, 6.45) is 9.56. The van der Waals surface area contributed by atoms with Crippen molar-refractivity contribution in [2.45, 2.75) is 51.1 Å². The molecule has 2 aromatic carbocycles. The average molecular weight is 489 g/mol. The summed E-state index contributed by atoms with van der Waals surface area (Å²) in [5.41, 5.74) is 2.36. The molecule has 0 radical (unpaired) electrons. The Balaban J connectivity index is 1.84. The molecule has 2 amide bonds. The van der Waals surface area contributed by atoms with E-state index in [9.17, 15) is 9.59 Å². The molecule has 1 aliphatic carbocycles. The van der Waals surface area contributed by atoms with Gasteiger partial charge in [0.25, 0.3) is 5.91 Å². The molecule has 1 aromatic heterocycles. The summed E-state index contributed by atoms with van der Waals surface area (Å²) in [6, 6.07) is 11.9. The SMILES string of the molecule is COc1ccc([C@H](C(=O)NC2CCCCC2)N(C(=O)c2cnccn2)c2ccc(C)cc2)cc1OC. The molecular weight excluding hydrogens is 456 g/mol. The van der Waals surface area contributed by atoms with Crippen LogP contribution in [0.5, 0.6) is 11.5 Å². The summed E-state index contributed by atoms with van der Waals surface area (Å²) in [6.45, 7) is 1.97. The van der Waals surface area contributed by atoms with Gasteiger partial charge in [-0.25, -0.2) is 4.98 Å². The number of aromatic nitrogens is 2. The molecule has 4 rings (SSSR count). The highest BCUT2D eigenvalue weighted by Gasteiger charge is 2.35. The van der Waals surface area contributed by atoms with Crippen LogP contribution in [0.2, 0.25) is 0 Å². The van der Waals surface area contributed by atoms with Crippen LogP contribution in [0.4, 0.5) is 5.69 Å². The number of hydrogen-bond acceptors (Lipinski definition) is 6. The quantitative estimate of drug-likeness (QED) is 0.497. The van der Waals surface area contributed by atoms with Gasteiger partial charge in [-0.2, -0.15) is 0 Å². The number of benzene rings is 2. The van der Waals surface area contributed by atoms with Crippen LogP contribution in [-0.4, -0.2) is 42.0 Å². The van der Waals surface area contributed by atoms with Crippen molar-refractivity contribution in [1.29, 1.82) is 0 Å². The molecule has 0 saturated heterocycles. The number of nitrogens with one attached hydrogen (secondary N) is 1. The second kappa shape index (κ2) is 11.7. The molecule has 188 valence electrons. The number of amides is 2. The van der Waals surface area contributed by atoms with E-state index in [0.29, 0.717) is 22.7 Å². The predicted octanol–water partition coefficient (Wildman–Crippen LogP) is 4.64. The van der Waals surface area contributed by atoms with Gasteiger partial charge in [-0.1, -0.05) is 43.0 Å². The lowest BCUT2D eigenvalue weighted by molar-refractivity contribution is -0.123. The largest absolute Gasteiger partial charge is 0.493 e. The van der Waals surface area contributed by atoms with Gasteiger partial charge in [0.05, 0.1) is 20.4 Å². The third-order valence-corrected chi connectivity index (χ3v) is 6.49. The van der Waals surface area contributed by atoms with Crippen LogP contribution < -0.4 is 19.7 Å². The summed E-state index contributed by atoms with van der Waals surface area (Å²) in [4.78, 5) is 37.7. The third-order valence-electron chi connectivity index (χ3n) is 6.49. The van der Waals surface area contributed by atoms with E-state index in [2.05, 4.69) is 15.3 Å². The standard InChI is InChI=1S/C28H32N4O4/c1-19-9-12-22(13-10-19)32(28(34)23-18-29-15-16-30-23)26(27(33)31-21-7-5-4-6-8-21)20-11-14-24(35-2)25(17-20)36-3/h9-18,21,26H,4-8H2,1-3H3,(H,31,33)/t26-/m1/s1. The summed E-state index contributed by atoms with van der Waals surface area (Å²) in [5.74, 6) is 0.327. The van der Waals surface area contributed by atoms with Crippen molar-refractivity contribution in [3.8, 4) is 11.5 Å². The number of ether oxygens (including phenoxy) is 2. The number of aryl methyl sites for hydroxylation is 1. The van der Waals surface area contributed by atoms with E-state index < -0.39 is 11.9 Å². The Morgan fingerprint density at radius 2 is 1.69 bits per heavy atom. The van der Waals surface area contributed by atoms with Gasteiger partial charge in [0.1, 0.15) is 11.7 Å². The fraction of sp³-hybridized carbons (Fsp3) is 0.357. The molecule has 0 bridgehead atoms. The fourth-order valence-corrected chi connectivity index (χ4v) is 4.59. The molecule has 1 fully saturated rings. The van der Waals surface area contributed by atoms with Crippen LogP contribution >= 0.6 is 0 Å². The van der Waals surface area contributed by atoms with Crippen LogP contribution in [-0.2, 0) is 4.79 Å². The van der Waals surface area contributed by atoms with Crippen LogP contribution in [0.1, 0.15) is 59.8 Å². The smallest absolute Gasteiger partial charge is 0.279 e. The number of methoxy groups -OCH3 is 2. The minimum atomic E-state index is -0.969. The normalized spacial score (nSPS) is 14.5. The first-order chi connectivity index (χ1) is 17.5. The van der Waals surface area contributed by atoms with E-state index in [4.69, 9.17) is 9.47 Å². The Morgan fingerprint density at radius 3 is 2.33 bits per heavy atom. The van der Waals surface area contributed by atoms with Gasteiger partial charge in [-0.05, 0) is 49.6 Å². The maximum atomic E-state index is 14.0. The number of rotatable bonds is 8. The molecule has 0 spiro atoms. The Hall–Kier alpha value is -3.94. The van der Waals surface area contributed by atoms with Gasteiger partial charge in [-0.3, -0.25) is 19.5 Å². The zero-order valence-electron chi connectivity index (χ0n) is 20.9. The van der Waals surface area contributed by atoms with Crippen molar-refractivity contribution in [1.82, 2.24) is 15.3 Å². The van der Waals surface area contributed by atoms with E-state index in [0.717, 1.165) is 31.2 Å². The fourth-order valence-electron chi connectivity index (χ4n) is 4.59. The first-order valence-electron chi connectivity index (χ1n) is 12.2. The van der Waals surface area contributed by atoms with Crippen LogP contribution in [0.25, 0.3) is 0 Å². The monoisotopic (exact) mass is 488 g/mol. The van der Waals surface area contributed by atoms with E-state index >= 15 is 0 Å². The Kier molecular flexibility index (Phi) is 8.15. The molecule has 8 nitrogen and oxygen atoms in total. The van der Waals surface area contributed by atoms with Gasteiger partial charge < -0.3 is 14.8 Å². The highest BCUT2D eigenvalue weighted by atomic mass is 16.5. The van der Waals surface area contributed by atoms with Gasteiger partial charge in [0.2, 0.25) is 5.91 Å². The molecular formula is C28H32N4O4. The molecule has 1 aliphatic rings. The van der Waals surface area contributed by atoms with E-state index in [1.165, 1.54) is 29.9 Å². The maximum Gasteiger partial charge on any atom is 0.279 e. The molecule has 8 heteroatoms. The summed E-state index contributed by atoms with van der Waals surface area (Å²) < 4.78 is 10.9. The molecule has 1 heterocycles. The van der Waals surface area contributed by atoms with E-state index in [1.54, 1.807) is 32.4 Å². The average Bonchev–Trinajstić information content (AvgIpc) is 2.92. The molecule has 1 saturated carbocycles. The lowest BCUT2D eigenvalue weighted by Gasteiger charge is -2.33. The Morgan fingerprint density at radius 1 is 0.972 bits per heavy atom. The number of nitrogens with zero attached hydrogens (tertiary/aromatic N) is 3. The maximum absolute atomic E-state index is 14.0. The third kappa shape index (κ3) is 5.64. The van der Waals surface area contributed by atoms with Crippen molar-refractivity contribution in [3.05, 3.63) is 77.9 Å². The molecule has 0 aliphatic heterocycles. The van der Waals surface area contributed by atoms with Crippen LogP contribution in [0.3, 0.4) is 0 Å². The number of carbonyl (C=O) groups excluding carboxylic acids is 2. The number of hydrogen-bond donors (Lipinski definition) is 1. The van der Waals surface area contributed by atoms with Gasteiger partial charge in [0, 0.05) is 24.1 Å². The Bertz CT molecular complexity index is 1180. The molecule has 36 heavy (non-hydrogen) atoms. The molecule has 1 atom stereocenters. The summed E-state index contributed by atoms with van der Waals surface area (Å²) >= 11 is 0. The van der Waals surface area contributed by atoms with Gasteiger partial charge in [-0.15, -0.1) is 0 Å². The first-order valence-corrected chi connectivity index (χ1v) is 12.2. The predicted molar refractivity (Wildman–Crippen MR) is 137 cm³/mol. The molecule has 0 unspecified atom stereocenters. The van der Waals surface area contributed by atoms with Crippen molar-refractivity contribution < 1.29 is 19.1 Å². The lowest BCUT2D eigenvalue weighted by atomic mass is 9.94. The Labute approximate surface area is 211 Å². The van der Waals surface area contributed by atoms with E-state index in [1.807, 2.05) is 31.2 Å². The summed E-state index contributed by atoms with van der Waals surface area (Å²) in [7, 11) is 3.10. The highest BCUT2D eigenvalue weighted by molar-refractivity contribution is 6.09. The number of carbonyl (C=O) groups is 2. The zero-order chi connectivity index (χ0) is 25.5. The second-order valence-corrected chi connectivity index (χ2v) is 8.96. The second-order valence-electron chi connectivity index (χ2n) is 8.96. The van der Waals surface area contributed by atoms with Gasteiger partial charge >= 0.3 is 0 Å². The minimum Gasteiger partial charge on any atom is -0.493 e. The zero-order valence-corrected chi connectivity index (χ0v) is 20.9. The molecule has 1 N–H and O–H groups in total. The van der Waals surface area contributed by atoms with E-state index in [-0.39, 0.29) is 17.6 Å². The van der Waals surface area contributed by atoms with Gasteiger partial charge in [0.15, 0.2) is 11.5 Å². The highest BCUT2D eigenvalue weighted by Crippen LogP contribution is 2.35. The topological polar surface area (TPSA) is 93.7 Å². The van der Waals surface area contributed by atoms with Crippen molar-refractivity contribution in [3.63, 3.8) is 0 Å². The summed E-state index contributed by atoms with van der Waals surface area (Å²) in [5, 5.41) is 3.21.